The lowest BCUT2D eigenvalue weighted by Crippen LogP contribution is -2.40. The van der Waals surface area contributed by atoms with Crippen LogP contribution in [0.5, 0.6) is 0 Å². The van der Waals surface area contributed by atoms with E-state index in [-0.39, 0.29) is 11.9 Å². The quantitative estimate of drug-likeness (QED) is 0.664. The number of nitrogens with zero attached hydrogens (tertiary/aromatic N) is 1. The number of rotatable bonds is 7. The van der Waals surface area contributed by atoms with Crippen molar-refractivity contribution >= 4 is 5.91 Å². The molecule has 0 radical (unpaired) electrons. The van der Waals surface area contributed by atoms with Gasteiger partial charge in [0.05, 0.1) is 6.04 Å². The van der Waals surface area contributed by atoms with Crippen LogP contribution in [0.1, 0.15) is 36.0 Å². The number of allylic oxidation sites excluding steroid dienone is 2. The van der Waals surface area contributed by atoms with Crippen LogP contribution in [0.4, 0.5) is 0 Å². The van der Waals surface area contributed by atoms with E-state index in [9.17, 15) is 9.90 Å². The minimum absolute atomic E-state index is 0.0343. The van der Waals surface area contributed by atoms with Gasteiger partial charge in [-0.05, 0) is 41.7 Å². The number of aliphatic hydroxyl groups is 1. The molecule has 0 fully saturated rings. The molecule has 2 atom stereocenters. The Balaban J connectivity index is 1.38. The highest BCUT2D eigenvalue weighted by atomic mass is 16.6. The normalized spacial score (nSPS) is 19.2. The summed E-state index contributed by atoms with van der Waals surface area (Å²) in [5.74, 6) is -0.0597. The molecule has 2 aromatic carbocycles. The summed E-state index contributed by atoms with van der Waals surface area (Å²) in [5, 5.41) is 12.9. The van der Waals surface area contributed by atoms with E-state index in [1.165, 1.54) is 18.4 Å². The van der Waals surface area contributed by atoms with Crippen LogP contribution in [-0.2, 0) is 4.74 Å². The number of aliphatic hydroxyl groups excluding tert-OH is 1. The molecule has 5 heteroatoms. The van der Waals surface area contributed by atoms with Crippen molar-refractivity contribution in [2.24, 2.45) is 0 Å². The second-order valence-corrected chi connectivity index (χ2v) is 8.13. The highest BCUT2D eigenvalue weighted by Gasteiger charge is 2.25. The van der Waals surface area contributed by atoms with Gasteiger partial charge in [0.1, 0.15) is 0 Å². The molecule has 0 aromatic heterocycles. The van der Waals surface area contributed by atoms with Crippen molar-refractivity contribution in [1.29, 1.82) is 0 Å². The maximum atomic E-state index is 12.8. The maximum absolute atomic E-state index is 12.8. The van der Waals surface area contributed by atoms with Gasteiger partial charge in [0, 0.05) is 44.3 Å². The van der Waals surface area contributed by atoms with Crippen LogP contribution < -0.4 is 5.32 Å². The third kappa shape index (κ3) is 5.24. The highest BCUT2D eigenvalue weighted by molar-refractivity contribution is 5.95. The topological polar surface area (TPSA) is 61.8 Å². The fourth-order valence-corrected chi connectivity index (χ4v) is 4.32. The average Bonchev–Trinajstić information content (AvgIpc) is 2.83. The molecule has 162 valence electrons. The minimum atomic E-state index is -0.737. The Labute approximate surface area is 184 Å². The fraction of sp³-hybridized carbons (Fsp3) is 0.346. The zero-order chi connectivity index (χ0) is 21.6. The Morgan fingerprint density at radius 3 is 2.65 bits per heavy atom. The number of ether oxygens (including phenoxy) is 1. The van der Waals surface area contributed by atoms with Gasteiger partial charge in [0.25, 0.3) is 5.91 Å². The Morgan fingerprint density at radius 1 is 1.16 bits per heavy atom. The maximum Gasteiger partial charge on any atom is 0.251 e. The summed E-state index contributed by atoms with van der Waals surface area (Å²) in [6.45, 7) is 1.73. The molecule has 4 rings (SSSR count). The molecule has 0 saturated heterocycles. The monoisotopic (exact) mass is 418 g/mol. The summed E-state index contributed by atoms with van der Waals surface area (Å²) < 4.78 is 4.98. The number of hydrogen-bond acceptors (Lipinski definition) is 4. The first kappa shape index (κ1) is 21.3. The van der Waals surface area contributed by atoms with Crippen LogP contribution in [-0.4, -0.2) is 48.4 Å². The molecule has 0 saturated carbocycles. The van der Waals surface area contributed by atoms with E-state index < -0.39 is 6.29 Å². The summed E-state index contributed by atoms with van der Waals surface area (Å²) in [5.41, 5.74) is 5.52. The van der Waals surface area contributed by atoms with Gasteiger partial charge >= 0.3 is 0 Å². The van der Waals surface area contributed by atoms with E-state index in [0.717, 1.165) is 43.5 Å². The van der Waals surface area contributed by atoms with Gasteiger partial charge in [-0.3, -0.25) is 4.79 Å². The molecular formula is C26H30N2O3. The van der Waals surface area contributed by atoms with Crippen molar-refractivity contribution in [1.82, 2.24) is 10.2 Å². The van der Waals surface area contributed by atoms with E-state index in [1.54, 1.807) is 0 Å². The fourth-order valence-electron chi connectivity index (χ4n) is 4.32. The van der Waals surface area contributed by atoms with E-state index in [2.05, 4.69) is 34.5 Å². The molecule has 2 N–H and O–H groups in total. The number of carbonyl (C=O) groups is 1. The van der Waals surface area contributed by atoms with Crippen LogP contribution in [0.15, 0.2) is 78.0 Å². The molecule has 5 nitrogen and oxygen atoms in total. The van der Waals surface area contributed by atoms with Gasteiger partial charge in [-0.2, -0.15) is 0 Å². The van der Waals surface area contributed by atoms with Gasteiger partial charge in [-0.1, -0.05) is 54.6 Å². The van der Waals surface area contributed by atoms with Crippen molar-refractivity contribution in [3.8, 4) is 11.1 Å². The van der Waals surface area contributed by atoms with Crippen LogP contribution in [0.25, 0.3) is 11.1 Å². The number of methoxy groups -OCH3 is 1. The Bertz CT molecular complexity index is 950. The predicted molar refractivity (Wildman–Crippen MR) is 122 cm³/mol. The van der Waals surface area contributed by atoms with Crippen molar-refractivity contribution in [3.05, 3.63) is 83.6 Å². The molecule has 2 unspecified atom stereocenters. The molecule has 31 heavy (non-hydrogen) atoms. The van der Waals surface area contributed by atoms with Crippen LogP contribution >= 0.6 is 0 Å². The summed E-state index contributed by atoms with van der Waals surface area (Å²) in [7, 11) is 1.52. The van der Waals surface area contributed by atoms with Crippen LogP contribution in [0.2, 0.25) is 0 Å². The molecule has 2 aliphatic rings. The van der Waals surface area contributed by atoms with Crippen molar-refractivity contribution in [3.63, 3.8) is 0 Å². The van der Waals surface area contributed by atoms with E-state index in [1.807, 2.05) is 42.5 Å². The van der Waals surface area contributed by atoms with Gasteiger partial charge in [0.2, 0.25) is 0 Å². The largest absolute Gasteiger partial charge is 0.374 e. The van der Waals surface area contributed by atoms with Gasteiger partial charge in [0.15, 0.2) is 6.29 Å². The van der Waals surface area contributed by atoms with E-state index in [4.69, 9.17) is 4.74 Å². The summed E-state index contributed by atoms with van der Waals surface area (Å²) >= 11 is 0. The molecule has 0 spiro atoms. The zero-order valence-electron chi connectivity index (χ0n) is 18.0. The SMILES string of the molecule is COC(O)CCN1CCCC2=C1CC(NC(=O)c1ccc(-c3ccccc3)cc1)C=C2. The molecule has 1 heterocycles. The highest BCUT2D eigenvalue weighted by Crippen LogP contribution is 2.30. The lowest BCUT2D eigenvalue weighted by Gasteiger charge is -2.37. The van der Waals surface area contributed by atoms with Crippen LogP contribution in [0, 0.1) is 0 Å². The van der Waals surface area contributed by atoms with Crippen molar-refractivity contribution < 1.29 is 14.6 Å². The smallest absolute Gasteiger partial charge is 0.251 e. The molecule has 0 bridgehead atoms. The second kappa shape index (κ2) is 9.94. The van der Waals surface area contributed by atoms with Gasteiger partial charge in [-0.25, -0.2) is 0 Å². The summed E-state index contributed by atoms with van der Waals surface area (Å²) in [6, 6.07) is 17.9. The standard InChI is InChI=1S/C26H30N2O3/c1-31-25(29)15-17-28-16-5-8-21-13-14-23(18-24(21)28)27-26(30)22-11-9-20(10-12-22)19-6-3-2-4-7-19/h2-4,6-7,9-14,23,25,29H,5,8,15-18H2,1H3,(H,27,30). The Kier molecular flexibility index (Phi) is 6.85. The molecular weight excluding hydrogens is 388 g/mol. The second-order valence-electron chi connectivity index (χ2n) is 8.13. The summed E-state index contributed by atoms with van der Waals surface area (Å²) in [6.07, 6.45) is 7.04. The first-order chi connectivity index (χ1) is 15.1. The minimum Gasteiger partial charge on any atom is -0.374 e. The molecule has 2 aromatic rings. The van der Waals surface area contributed by atoms with Crippen molar-refractivity contribution in [2.45, 2.75) is 38.0 Å². The first-order valence-electron chi connectivity index (χ1n) is 11.0. The summed E-state index contributed by atoms with van der Waals surface area (Å²) in [4.78, 5) is 15.2. The average molecular weight is 419 g/mol. The van der Waals surface area contributed by atoms with E-state index in [0.29, 0.717) is 12.0 Å². The number of hydrogen-bond donors (Lipinski definition) is 2. The third-order valence-corrected chi connectivity index (χ3v) is 6.06. The van der Waals surface area contributed by atoms with Gasteiger partial charge < -0.3 is 20.1 Å². The van der Waals surface area contributed by atoms with Crippen LogP contribution in [0.3, 0.4) is 0 Å². The number of nitrogens with one attached hydrogen (secondary N) is 1. The molecule has 1 aliphatic carbocycles. The van der Waals surface area contributed by atoms with Gasteiger partial charge in [-0.15, -0.1) is 0 Å². The third-order valence-electron chi connectivity index (χ3n) is 6.06. The van der Waals surface area contributed by atoms with E-state index >= 15 is 0 Å². The number of benzene rings is 2. The lowest BCUT2D eigenvalue weighted by molar-refractivity contribution is -0.0812. The zero-order valence-corrected chi connectivity index (χ0v) is 18.0. The Morgan fingerprint density at radius 2 is 1.90 bits per heavy atom. The molecule has 1 aliphatic heterocycles. The molecule has 1 amide bonds. The first-order valence-corrected chi connectivity index (χ1v) is 11.0. The predicted octanol–water partition coefficient (Wildman–Crippen LogP) is 4.12. The Hall–Kier alpha value is -2.89. The van der Waals surface area contributed by atoms with Crippen molar-refractivity contribution in [2.75, 3.05) is 20.2 Å². The lowest BCUT2D eigenvalue weighted by atomic mass is 9.91. The number of amides is 1. The number of carbonyl (C=O) groups excluding carboxylic acids is 1.